The van der Waals surface area contributed by atoms with Gasteiger partial charge in [-0.05, 0) is 80.1 Å². The molecule has 0 N–H and O–H groups in total. The highest BCUT2D eigenvalue weighted by atomic mass is 16.5. The SMILES string of the molecule is CCCCC(CC)C(=O)OCCN(CCOC(=O)C(CC)CCCC)c1ccc(N=Nc2ccc(/C=C/C3=C(C#N)C(=C(C#N)C#N)N(CCCC)C3=O)cc2)cc1. The van der Waals surface area contributed by atoms with Crippen LogP contribution in [0.5, 0.6) is 0 Å². The first-order valence-corrected chi connectivity index (χ1v) is 20.6. The second-order valence-corrected chi connectivity index (χ2v) is 14.1. The summed E-state index contributed by atoms with van der Waals surface area (Å²) in [6.45, 7) is 11.8. The number of carbonyl (C=O) groups is 3. The first-order valence-electron chi connectivity index (χ1n) is 20.6. The van der Waals surface area contributed by atoms with E-state index in [0.29, 0.717) is 37.4 Å². The van der Waals surface area contributed by atoms with Gasteiger partial charge in [-0.25, -0.2) is 0 Å². The summed E-state index contributed by atoms with van der Waals surface area (Å²) in [5.74, 6) is -0.990. The smallest absolute Gasteiger partial charge is 0.308 e. The molecular formula is C46H57N7O5. The highest BCUT2D eigenvalue weighted by Gasteiger charge is 2.36. The standard InChI is InChI=1S/C46H57N7O5/c1-6-11-14-35(9-4)45(55)57-29-27-52(28-30-58-46(56)36(10-5)15-12-7-2)40-23-21-39(22-24-40)51-50-38-19-16-34(17-20-38)18-25-41-42(33-49)43(37(31-47)32-48)53(44(41)54)26-13-8-3/h16-25,35-36H,6-15,26-30H2,1-5H3/b25-18+,51-50?. The van der Waals surface area contributed by atoms with Crippen molar-refractivity contribution >= 4 is 41.0 Å². The van der Waals surface area contributed by atoms with Crippen LogP contribution in [0.3, 0.4) is 0 Å². The lowest BCUT2D eigenvalue weighted by Gasteiger charge is -2.25. The molecule has 0 aromatic heterocycles. The molecule has 0 bridgehead atoms. The van der Waals surface area contributed by atoms with Crippen molar-refractivity contribution in [3.05, 3.63) is 82.6 Å². The minimum Gasteiger partial charge on any atom is -0.464 e. The first kappa shape index (κ1) is 46.3. The maximum absolute atomic E-state index is 13.3. The van der Waals surface area contributed by atoms with Gasteiger partial charge < -0.3 is 19.3 Å². The second kappa shape index (κ2) is 25.2. The normalized spacial score (nSPS) is 13.7. The van der Waals surface area contributed by atoms with Gasteiger partial charge in [0.15, 0.2) is 5.57 Å². The molecule has 1 amide bonds. The minimum absolute atomic E-state index is 0.00715. The van der Waals surface area contributed by atoms with Gasteiger partial charge >= 0.3 is 11.9 Å². The van der Waals surface area contributed by atoms with Crippen LogP contribution in [0.4, 0.5) is 17.1 Å². The third kappa shape index (κ3) is 13.6. The van der Waals surface area contributed by atoms with E-state index in [4.69, 9.17) is 9.47 Å². The van der Waals surface area contributed by atoms with Gasteiger partial charge in [0.1, 0.15) is 31.4 Å². The number of anilines is 1. The number of carbonyl (C=O) groups excluding carboxylic acids is 3. The summed E-state index contributed by atoms with van der Waals surface area (Å²) in [7, 11) is 0. The van der Waals surface area contributed by atoms with E-state index < -0.39 is 5.91 Å². The predicted octanol–water partition coefficient (Wildman–Crippen LogP) is 10.2. The summed E-state index contributed by atoms with van der Waals surface area (Å²) in [6.07, 6.45) is 11.8. The molecule has 0 saturated heterocycles. The van der Waals surface area contributed by atoms with Crippen molar-refractivity contribution in [2.24, 2.45) is 22.1 Å². The molecule has 0 aliphatic carbocycles. The Morgan fingerprint density at radius 1 is 0.741 bits per heavy atom. The third-order valence-corrected chi connectivity index (χ3v) is 10.1. The first-order chi connectivity index (χ1) is 28.2. The fraction of sp³-hybridized carbons (Fsp3) is 0.478. The molecule has 58 heavy (non-hydrogen) atoms. The lowest BCUT2D eigenvalue weighted by Crippen LogP contribution is -2.33. The molecule has 2 atom stereocenters. The van der Waals surface area contributed by atoms with Crippen molar-refractivity contribution in [1.29, 1.82) is 15.8 Å². The predicted molar refractivity (Wildman–Crippen MR) is 224 cm³/mol. The van der Waals surface area contributed by atoms with Crippen LogP contribution in [-0.2, 0) is 23.9 Å². The number of esters is 2. The topological polar surface area (TPSA) is 172 Å². The van der Waals surface area contributed by atoms with Crippen LogP contribution in [0.25, 0.3) is 6.08 Å². The number of ether oxygens (including phenoxy) is 2. The number of allylic oxidation sites excluding steroid dienone is 2. The van der Waals surface area contributed by atoms with Crippen molar-refractivity contribution < 1.29 is 23.9 Å². The van der Waals surface area contributed by atoms with Crippen LogP contribution in [0.1, 0.15) is 104 Å². The summed E-state index contributed by atoms with van der Waals surface area (Å²) in [5, 5.41) is 37.7. The molecule has 1 aliphatic heterocycles. The number of nitriles is 3. The molecule has 0 fully saturated rings. The summed E-state index contributed by atoms with van der Waals surface area (Å²) >= 11 is 0. The van der Waals surface area contributed by atoms with E-state index in [2.05, 4.69) is 24.1 Å². The Hall–Kier alpha value is -6.06. The van der Waals surface area contributed by atoms with Gasteiger partial charge in [0.25, 0.3) is 5.91 Å². The molecule has 0 saturated carbocycles. The van der Waals surface area contributed by atoms with Crippen molar-refractivity contribution in [2.45, 2.75) is 98.8 Å². The molecule has 2 unspecified atom stereocenters. The fourth-order valence-corrected chi connectivity index (χ4v) is 6.48. The molecule has 2 aromatic rings. The van der Waals surface area contributed by atoms with E-state index in [1.54, 1.807) is 36.4 Å². The number of rotatable bonds is 24. The summed E-state index contributed by atoms with van der Waals surface area (Å²) in [4.78, 5) is 42.2. The van der Waals surface area contributed by atoms with E-state index in [9.17, 15) is 30.2 Å². The van der Waals surface area contributed by atoms with Crippen LogP contribution < -0.4 is 4.90 Å². The van der Waals surface area contributed by atoms with Crippen LogP contribution in [-0.4, -0.2) is 55.6 Å². The fourth-order valence-electron chi connectivity index (χ4n) is 6.48. The van der Waals surface area contributed by atoms with E-state index in [-0.39, 0.29) is 59.4 Å². The third-order valence-electron chi connectivity index (χ3n) is 10.1. The van der Waals surface area contributed by atoms with Gasteiger partial charge in [-0.15, -0.1) is 0 Å². The molecular weight excluding hydrogens is 731 g/mol. The second-order valence-electron chi connectivity index (χ2n) is 14.1. The minimum atomic E-state index is -0.420. The lowest BCUT2D eigenvalue weighted by atomic mass is 10.00. The summed E-state index contributed by atoms with van der Waals surface area (Å²) < 4.78 is 11.4. The van der Waals surface area contributed by atoms with Crippen molar-refractivity contribution in [3.8, 4) is 18.2 Å². The zero-order valence-corrected chi connectivity index (χ0v) is 34.7. The number of nitrogens with zero attached hydrogens (tertiary/aromatic N) is 7. The Morgan fingerprint density at radius 3 is 1.69 bits per heavy atom. The van der Waals surface area contributed by atoms with Gasteiger partial charge in [0.05, 0.1) is 53.1 Å². The highest BCUT2D eigenvalue weighted by Crippen LogP contribution is 2.33. The van der Waals surface area contributed by atoms with Crippen LogP contribution in [0.2, 0.25) is 0 Å². The molecule has 12 nitrogen and oxygen atoms in total. The molecule has 2 aromatic carbocycles. The Kier molecular flexibility index (Phi) is 20.2. The van der Waals surface area contributed by atoms with Crippen molar-refractivity contribution in [3.63, 3.8) is 0 Å². The van der Waals surface area contributed by atoms with Crippen molar-refractivity contribution in [2.75, 3.05) is 37.7 Å². The molecule has 0 radical (unpaired) electrons. The molecule has 1 heterocycles. The maximum atomic E-state index is 13.3. The van der Waals surface area contributed by atoms with Gasteiger partial charge in [-0.1, -0.05) is 84.9 Å². The van der Waals surface area contributed by atoms with E-state index in [1.807, 2.05) is 68.1 Å². The maximum Gasteiger partial charge on any atom is 0.308 e. The van der Waals surface area contributed by atoms with Crippen LogP contribution in [0.15, 0.2) is 87.3 Å². The summed E-state index contributed by atoms with van der Waals surface area (Å²) in [6, 6.07) is 20.3. The number of hydrogen-bond donors (Lipinski definition) is 0. The molecule has 0 spiro atoms. The van der Waals surface area contributed by atoms with Gasteiger partial charge in [-0.3, -0.25) is 14.4 Å². The molecule has 306 valence electrons. The largest absolute Gasteiger partial charge is 0.464 e. The Balaban J connectivity index is 1.72. The zero-order chi connectivity index (χ0) is 42.3. The lowest BCUT2D eigenvalue weighted by molar-refractivity contribution is -0.149. The van der Waals surface area contributed by atoms with Crippen LogP contribution >= 0.6 is 0 Å². The van der Waals surface area contributed by atoms with E-state index >= 15 is 0 Å². The van der Waals surface area contributed by atoms with Gasteiger partial charge in [0, 0.05) is 12.2 Å². The van der Waals surface area contributed by atoms with Gasteiger partial charge in [0.2, 0.25) is 0 Å². The molecule has 12 heteroatoms. The number of hydrogen-bond acceptors (Lipinski definition) is 11. The quantitative estimate of drug-likeness (QED) is 0.0570. The number of unbranched alkanes of at least 4 members (excludes halogenated alkanes) is 3. The number of amides is 1. The van der Waals surface area contributed by atoms with Crippen molar-refractivity contribution in [1.82, 2.24) is 4.90 Å². The monoisotopic (exact) mass is 787 g/mol. The Labute approximate surface area is 344 Å². The average molecular weight is 788 g/mol. The van der Waals surface area contributed by atoms with E-state index in [0.717, 1.165) is 69.0 Å². The number of benzene rings is 2. The average Bonchev–Trinajstić information content (AvgIpc) is 3.51. The Bertz CT molecular complexity index is 1880. The highest BCUT2D eigenvalue weighted by molar-refractivity contribution is 6.05. The summed E-state index contributed by atoms with van der Waals surface area (Å²) in [5.41, 5.74) is 2.75. The van der Waals surface area contributed by atoms with Crippen LogP contribution in [0, 0.1) is 45.8 Å². The molecule has 3 rings (SSSR count). The van der Waals surface area contributed by atoms with E-state index in [1.165, 1.54) is 4.90 Å². The zero-order valence-electron chi connectivity index (χ0n) is 34.7. The Morgan fingerprint density at radius 2 is 1.24 bits per heavy atom. The van der Waals surface area contributed by atoms with Gasteiger partial charge in [-0.2, -0.15) is 26.0 Å². The number of azo groups is 1. The molecule has 1 aliphatic rings.